The van der Waals surface area contributed by atoms with Crippen LogP contribution in [0, 0.1) is 11.7 Å². The SMILES string of the molecule is O=S1(=O)CCC(Cc2nonc2C(Cc2ccc(F)c(Br)c2)=NO)C1. The van der Waals surface area contributed by atoms with Gasteiger partial charge in [0, 0.05) is 6.42 Å². The van der Waals surface area contributed by atoms with E-state index in [4.69, 9.17) is 4.63 Å². The molecule has 134 valence electrons. The number of hydrogen-bond donors (Lipinski definition) is 1. The van der Waals surface area contributed by atoms with E-state index < -0.39 is 15.7 Å². The van der Waals surface area contributed by atoms with Crippen molar-refractivity contribution in [3.63, 3.8) is 0 Å². The Morgan fingerprint density at radius 2 is 2.24 bits per heavy atom. The van der Waals surface area contributed by atoms with Crippen LogP contribution in [-0.4, -0.2) is 41.2 Å². The number of aromatic nitrogens is 2. The Morgan fingerprint density at radius 3 is 2.88 bits per heavy atom. The van der Waals surface area contributed by atoms with Crippen LogP contribution in [0.1, 0.15) is 23.4 Å². The third-order valence-electron chi connectivity index (χ3n) is 4.11. The Balaban J connectivity index is 1.78. The van der Waals surface area contributed by atoms with Crippen LogP contribution in [-0.2, 0) is 22.7 Å². The predicted molar refractivity (Wildman–Crippen MR) is 90.9 cm³/mol. The molecule has 25 heavy (non-hydrogen) atoms. The van der Waals surface area contributed by atoms with E-state index in [1.54, 1.807) is 12.1 Å². The van der Waals surface area contributed by atoms with Crippen molar-refractivity contribution >= 4 is 31.5 Å². The second-order valence-corrected chi connectivity index (χ2v) is 9.09. The maximum Gasteiger partial charge on any atom is 0.156 e. The summed E-state index contributed by atoms with van der Waals surface area (Å²) in [5.74, 6) is -0.174. The van der Waals surface area contributed by atoms with E-state index in [1.807, 2.05) is 0 Å². The molecule has 1 atom stereocenters. The lowest BCUT2D eigenvalue weighted by Gasteiger charge is -2.07. The van der Waals surface area contributed by atoms with Crippen molar-refractivity contribution in [3.05, 3.63) is 45.4 Å². The van der Waals surface area contributed by atoms with Crippen LogP contribution in [0.2, 0.25) is 0 Å². The summed E-state index contributed by atoms with van der Waals surface area (Å²) in [5, 5.41) is 20.2. The highest BCUT2D eigenvalue weighted by Crippen LogP contribution is 2.24. The van der Waals surface area contributed by atoms with E-state index in [-0.39, 0.29) is 35.3 Å². The first-order chi connectivity index (χ1) is 11.9. The highest BCUT2D eigenvalue weighted by molar-refractivity contribution is 9.10. The summed E-state index contributed by atoms with van der Waals surface area (Å²) in [6.07, 6.45) is 1.13. The largest absolute Gasteiger partial charge is 0.411 e. The maximum absolute atomic E-state index is 13.3. The van der Waals surface area contributed by atoms with Gasteiger partial charge in [-0.15, -0.1) is 0 Å². The number of sulfone groups is 1. The second-order valence-electron chi connectivity index (χ2n) is 6.00. The third-order valence-corrected chi connectivity index (χ3v) is 6.56. The summed E-state index contributed by atoms with van der Waals surface area (Å²) < 4.78 is 41.6. The van der Waals surface area contributed by atoms with Gasteiger partial charge in [-0.25, -0.2) is 17.4 Å². The number of hydrogen-bond acceptors (Lipinski definition) is 7. The van der Waals surface area contributed by atoms with Crippen molar-refractivity contribution in [2.45, 2.75) is 19.3 Å². The number of rotatable bonds is 5. The molecule has 0 radical (unpaired) electrons. The average molecular weight is 432 g/mol. The Kier molecular flexibility index (Phi) is 5.19. The minimum absolute atomic E-state index is 0.0597. The van der Waals surface area contributed by atoms with E-state index >= 15 is 0 Å². The van der Waals surface area contributed by atoms with Gasteiger partial charge in [0.15, 0.2) is 15.5 Å². The highest BCUT2D eigenvalue weighted by Gasteiger charge is 2.30. The van der Waals surface area contributed by atoms with Crippen molar-refractivity contribution in [3.8, 4) is 0 Å². The molecular weight excluding hydrogens is 417 g/mol. The minimum Gasteiger partial charge on any atom is -0.411 e. The fourth-order valence-electron chi connectivity index (χ4n) is 2.88. The molecular formula is C15H15BrFN3O4S. The van der Waals surface area contributed by atoms with Gasteiger partial charge in [-0.05, 0) is 57.5 Å². The summed E-state index contributed by atoms with van der Waals surface area (Å²) in [5.41, 5.74) is 1.66. The fourth-order valence-corrected chi connectivity index (χ4v) is 5.16. The van der Waals surface area contributed by atoms with E-state index in [0.29, 0.717) is 28.6 Å². The smallest absolute Gasteiger partial charge is 0.156 e. The molecule has 1 fully saturated rings. The predicted octanol–water partition coefficient (Wildman–Crippen LogP) is 2.37. The van der Waals surface area contributed by atoms with Gasteiger partial charge >= 0.3 is 0 Å². The molecule has 0 spiro atoms. The molecule has 0 amide bonds. The fraction of sp³-hybridized carbons (Fsp3) is 0.400. The first-order valence-corrected chi connectivity index (χ1v) is 10.2. The molecule has 1 saturated heterocycles. The lowest BCUT2D eigenvalue weighted by atomic mass is 9.98. The molecule has 1 aliphatic heterocycles. The zero-order valence-electron chi connectivity index (χ0n) is 13.0. The van der Waals surface area contributed by atoms with Gasteiger partial charge in [0.1, 0.15) is 17.2 Å². The van der Waals surface area contributed by atoms with Crippen molar-refractivity contribution in [1.82, 2.24) is 10.3 Å². The Hall–Kier alpha value is -1.81. The highest BCUT2D eigenvalue weighted by atomic mass is 79.9. The van der Waals surface area contributed by atoms with Gasteiger partial charge in [0.25, 0.3) is 0 Å². The molecule has 1 aromatic carbocycles. The zero-order valence-corrected chi connectivity index (χ0v) is 15.4. The number of nitrogens with zero attached hydrogens (tertiary/aromatic N) is 3. The summed E-state index contributed by atoms with van der Waals surface area (Å²) in [4.78, 5) is 0. The lowest BCUT2D eigenvalue weighted by Crippen LogP contribution is -2.13. The Labute approximate surface area is 151 Å². The van der Waals surface area contributed by atoms with Crippen molar-refractivity contribution in [1.29, 1.82) is 0 Å². The molecule has 1 unspecified atom stereocenters. The molecule has 0 aliphatic carbocycles. The molecule has 0 saturated carbocycles. The van der Waals surface area contributed by atoms with E-state index in [0.717, 1.165) is 0 Å². The first kappa shape index (κ1) is 18.0. The number of halogens is 2. The zero-order chi connectivity index (χ0) is 18.0. The normalized spacial score (nSPS) is 20.1. The van der Waals surface area contributed by atoms with Gasteiger partial charge in [-0.1, -0.05) is 16.4 Å². The molecule has 7 nitrogen and oxygen atoms in total. The van der Waals surface area contributed by atoms with E-state index in [1.165, 1.54) is 6.07 Å². The monoisotopic (exact) mass is 431 g/mol. The summed E-state index contributed by atoms with van der Waals surface area (Å²) in [6, 6.07) is 4.46. The maximum atomic E-state index is 13.3. The third kappa shape index (κ3) is 4.24. The van der Waals surface area contributed by atoms with Crippen LogP contribution in [0.15, 0.2) is 32.5 Å². The lowest BCUT2D eigenvalue weighted by molar-refractivity contribution is 0.299. The van der Waals surface area contributed by atoms with Crippen molar-refractivity contribution < 1.29 is 22.6 Å². The summed E-state index contributed by atoms with van der Waals surface area (Å²) in [6.45, 7) is 0. The van der Waals surface area contributed by atoms with E-state index in [9.17, 15) is 18.0 Å². The number of oxime groups is 1. The van der Waals surface area contributed by atoms with Gasteiger partial charge in [0.2, 0.25) is 0 Å². The minimum atomic E-state index is -2.99. The van der Waals surface area contributed by atoms with Gasteiger partial charge in [0.05, 0.1) is 16.0 Å². The van der Waals surface area contributed by atoms with Crippen LogP contribution < -0.4 is 0 Å². The molecule has 2 aromatic rings. The standard InChI is InChI=1S/C15H15BrFN3O4S/c16-11-5-9(1-2-12(11)17)6-13(18-21)15-14(19-24-20-15)7-10-3-4-25(22,23)8-10/h1-2,5,10,21H,3-4,6-8H2. The topological polar surface area (TPSA) is 106 Å². The first-order valence-electron chi connectivity index (χ1n) is 7.55. The molecule has 3 rings (SSSR count). The molecule has 1 N–H and O–H groups in total. The molecule has 0 bridgehead atoms. The molecule has 10 heteroatoms. The van der Waals surface area contributed by atoms with Crippen LogP contribution in [0.25, 0.3) is 0 Å². The molecule has 2 heterocycles. The summed E-state index contributed by atoms with van der Waals surface area (Å²) in [7, 11) is -2.99. The Morgan fingerprint density at radius 1 is 1.44 bits per heavy atom. The van der Waals surface area contributed by atoms with Crippen molar-refractivity contribution in [2.75, 3.05) is 11.5 Å². The van der Waals surface area contributed by atoms with Crippen molar-refractivity contribution in [2.24, 2.45) is 11.1 Å². The van der Waals surface area contributed by atoms with Crippen LogP contribution in [0.4, 0.5) is 4.39 Å². The second kappa shape index (κ2) is 7.20. The molecule has 1 aromatic heterocycles. The average Bonchev–Trinajstić information content (AvgIpc) is 3.15. The Bertz CT molecular complexity index is 913. The summed E-state index contributed by atoms with van der Waals surface area (Å²) >= 11 is 3.11. The van der Waals surface area contributed by atoms with Crippen LogP contribution in [0.5, 0.6) is 0 Å². The van der Waals surface area contributed by atoms with E-state index in [2.05, 4.69) is 31.4 Å². The van der Waals surface area contributed by atoms with Gasteiger partial charge in [-0.2, -0.15) is 0 Å². The molecule has 1 aliphatic rings. The quantitative estimate of drug-likeness (QED) is 0.442. The van der Waals surface area contributed by atoms with Crippen LogP contribution in [0.3, 0.4) is 0 Å². The van der Waals surface area contributed by atoms with Crippen LogP contribution >= 0.6 is 15.9 Å². The van der Waals surface area contributed by atoms with Gasteiger partial charge in [-0.3, -0.25) is 0 Å². The van der Waals surface area contributed by atoms with Gasteiger partial charge < -0.3 is 5.21 Å². The number of benzene rings is 1.